The van der Waals surface area contributed by atoms with Gasteiger partial charge in [-0.3, -0.25) is 0 Å². The fourth-order valence-electron chi connectivity index (χ4n) is 5.32. The van der Waals surface area contributed by atoms with E-state index in [4.69, 9.17) is 10.2 Å². The van der Waals surface area contributed by atoms with Gasteiger partial charge in [0.25, 0.3) is 0 Å². The quantitative estimate of drug-likeness (QED) is 0.247. The van der Waals surface area contributed by atoms with Crippen LogP contribution in [0.25, 0.3) is 38.3 Å². The fraction of sp³-hybridized carbons (Fsp3) is 0.0588. The third kappa shape index (κ3) is 3.61. The lowest BCUT2D eigenvalue weighted by Crippen LogP contribution is -2.11. The highest BCUT2D eigenvalue weighted by molar-refractivity contribution is 6.13. The van der Waals surface area contributed by atoms with E-state index < -0.39 is 0 Å². The van der Waals surface area contributed by atoms with Crippen LogP contribution in [0.1, 0.15) is 11.1 Å². The summed E-state index contributed by atoms with van der Waals surface area (Å²) in [6.07, 6.45) is 0. The minimum Gasteiger partial charge on any atom is -0.309 e. The van der Waals surface area contributed by atoms with Gasteiger partial charge in [0.15, 0.2) is 0 Å². The summed E-state index contributed by atoms with van der Waals surface area (Å²) in [6.45, 7) is 4.30. The summed E-state index contributed by atoms with van der Waals surface area (Å²) < 4.78 is 0. The molecule has 1 heterocycles. The Morgan fingerprint density at radius 1 is 0.553 bits per heavy atom. The minimum atomic E-state index is 0.857. The lowest BCUT2D eigenvalue weighted by molar-refractivity contribution is 0.766. The van der Waals surface area contributed by atoms with Crippen LogP contribution >= 0.6 is 0 Å². The molecule has 0 saturated heterocycles. The van der Waals surface area contributed by atoms with Crippen LogP contribution in [0, 0.1) is 13.8 Å². The monoisotopic (exact) mass is 490 g/mol. The van der Waals surface area contributed by atoms with Gasteiger partial charge in [0.2, 0.25) is 0 Å². The lowest BCUT2D eigenvalue weighted by atomic mass is 10.0. The zero-order valence-electron chi connectivity index (χ0n) is 21.3. The molecule has 0 spiro atoms. The molecule has 182 valence electrons. The van der Waals surface area contributed by atoms with Gasteiger partial charge >= 0.3 is 0 Å². The van der Waals surface area contributed by atoms with E-state index in [2.05, 4.69) is 110 Å². The maximum absolute atomic E-state index is 4.93. The average molecular weight is 491 g/mol. The molecule has 0 radical (unpaired) electrons. The van der Waals surface area contributed by atoms with Gasteiger partial charge in [-0.05, 0) is 61.2 Å². The molecule has 1 aromatic heterocycles. The molecule has 0 aliphatic heterocycles. The maximum atomic E-state index is 4.93. The molecular weight excluding hydrogens is 464 g/mol. The summed E-state index contributed by atoms with van der Waals surface area (Å²) in [6, 6.07) is 42.6. The second-order valence-corrected chi connectivity index (χ2v) is 9.75. The molecule has 0 N–H and O–H groups in total. The van der Waals surface area contributed by atoms with Crippen LogP contribution in [-0.4, -0.2) is 15.0 Å². The van der Waals surface area contributed by atoms with E-state index in [0.717, 1.165) is 44.6 Å². The zero-order chi connectivity index (χ0) is 25.6. The molecular formula is C34H26N4. The summed E-state index contributed by atoms with van der Waals surface area (Å²) >= 11 is 0. The predicted octanol–water partition coefficient (Wildman–Crippen LogP) is 8.81. The highest BCUT2D eigenvalue weighted by Crippen LogP contribution is 2.44. The van der Waals surface area contributed by atoms with Crippen LogP contribution in [0.4, 0.5) is 17.1 Å². The first kappa shape index (κ1) is 22.3. The van der Waals surface area contributed by atoms with Gasteiger partial charge < -0.3 is 4.90 Å². The molecule has 0 atom stereocenters. The average Bonchev–Trinajstić information content (AvgIpc) is 3.41. The first-order valence-electron chi connectivity index (χ1n) is 12.9. The molecule has 7 rings (SSSR count). The lowest BCUT2D eigenvalue weighted by Gasteiger charge is -2.28. The largest absolute Gasteiger partial charge is 0.309 e. The number of aromatic nitrogens is 3. The molecule has 0 unspecified atom stereocenters. The SMILES string of the molecule is Cc1ccc(N(c2ccc(C)c3ccccc23)c2cc3nn(-c4ccccc4)nc3c3ccccc23)cc1. The first-order valence-corrected chi connectivity index (χ1v) is 12.9. The minimum absolute atomic E-state index is 0.857. The molecule has 4 heteroatoms. The van der Waals surface area contributed by atoms with Crippen LogP contribution in [0.3, 0.4) is 0 Å². The van der Waals surface area contributed by atoms with Crippen LogP contribution in [0.5, 0.6) is 0 Å². The number of nitrogens with zero attached hydrogens (tertiary/aromatic N) is 4. The Kier molecular flexibility index (Phi) is 5.19. The predicted molar refractivity (Wildman–Crippen MR) is 158 cm³/mol. The third-order valence-electron chi connectivity index (χ3n) is 7.25. The van der Waals surface area contributed by atoms with Crippen LogP contribution in [-0.2, 0) is 0 Å². The van der Waals surface area contributed by atoms with Crippen molar-refractivity contribution in [2.45, 2.75) is 13.8 Å². The number of hydrogen-bond acceptors (Lipinski definition) is 3. The Morgan fingerprint density at radius 2 is 1.18 bits per heavy atom. The van der Waals surface area contributed by atoms with Crippen molar-refractivity contribution in [3.05, 3.63) is 132 Å². The maximum Gasteiger partial charge on any atom is 0.121 e. The standard InChI is InChI=1S/C34H26N4/c1-23-16-19-25(20-17-23)37(32-21-18-24(2)27-12-6-7-13-28(27)32)33-22-31-34(30-15-9-8-14-29(30)33)36-38(35-31)26-10-4-3-5-11-26/h3-22H,1-2H3. The number of rotatable bonds is 4. The van der Waals surface area contributed by atoms with Crippen molar-refractivity contribution in [1.29, 1.82) is 0 Å². The Hall–Kier alpha value is -4.96. The first-order chi connectivity index (χ1) is 18.7. The third-order valence-corrected chi connectivity index (χ3v) is 7.25. The Balaban J connectivity index is 1.56. The highest BCUT2D eigenvalue weighted by atomic mass is 15.5. The van der Waals surface area contributed by atoms with Gasteiger partial charge in [-0.2, -0.15) is 4.80 Å². The molecule has 7 aromatic rings. The Labute approximate surface area is 221 Å². The Morgan fingerprint density at radius 3 is 1.92 bits per heavy atom. The fourth-order valence-corrected chi connectivity index (χ4v) is 5.32. The Bertz CT molecular complexity index is 1940. The number of anilines is 3. The van der Waals surface area contributed by atoms with E-state index >= 15 is 0 Å². The van der Waals surface area contributed by atoms with E-state index in [0.29, 0.717) is 0 Å². The molecule has 0 aliphatic rings. The number of para-hydroxylation sites is 1. The van der Waals surface area contributed by atoms with Crippen molar-refractivity contribution in [3.63, 3.8) is 0 Å². The second kappa shape index (κ2) is 8.86. The molecule has 38 heavy (non-hydrogen) atoms. The summed E-state index contributed by atoms with van der Waals surface area (Å²) in [5, 5.41) is 14.5. The summed E-state index contributed by atoms with van der Waals surface area (Å²) in [5.41, 5.74) is 8.50. The van der Waals surface area contributed by atoms with Crippen molar-refractivity contribution >= 4 is 49.6 Å². The van der Waals surface area contributed by atoms with Gasteiger partial charge in [0, 0.05) is 21.8 Å². The topological polar surface area (TPSA) is 34.0 Å². The number of aryl methyl sites for hydroxylation is 2. The van der Waals surface area contributed by atoms with E-state index in [1.54, 1.807) is 4.80 Å². The van der Waals surface area contributed by atoms with Gasteiger partial charge in [-0.15, -0.1) is 10.2 Å². The van der Waals surface area contributed by atoms with Gasteiger partial charge in [-0.25, -0.2) is 0 Å². The molecule has 0 saturated carbocycles. The van der Waals surface area contributed by atoms with Crippen molar-refractivity contribution in [3.8, 4) is 5.69 Å². The van der Waals surface area contributed by atoms with Gasteiger partial charge in [-0.1, -0.05) is 90.5 Å². The van der Waals surface area contributed by atoms with Crippen molar-refractivity contribution in [1.82, 2.24) is 15.0 Å². The van der Waals surface area contributed by atoms with E-state index in [9.17, 15) is 0 Å². The van der Waals surface area contributed by atoms with E-state index in [1.807, 2.05) is 30.3 Å². The van der Waals surface area contributed by atoms with Crippen LogP contribution in [0.2, 0.25) is 0 Å². The van der Waals surface area contributed by atoms with E-state index in [-0.39, 0.29) is 0 Å². The van der Waals surface area contributed by atoms with Crippen LogP contribution < -0.4 is 4.90 Å². The normalized spacial score (nSPS) is 11.4. The summed E-state index contributed by atoms with van der Waals surface area (Å²) in [7, 11) is 0. The zero-order valence-corrected chi connectivity index (χ0v) is 21.3. The highest BCUT2D eigenvalue weighted by Gasteiger charge is 2.21. The second-order valence-electron chi connectivity index (χ2n) is 9.75. The van der Waals surface area contributed by atoms with Gasteiger partial charge in [0.05, 0.1) is 17.1 Å². The van der Waals surface area contributed by atoms with E-state index in [1.165, 1.54) is 21.9 Å². The smallest absolute Gasteiger partial charge is 0.121 e. The molecule has 6 aromatic carbocycles. The molecule has 0 aliphatic carbocycles. The molecule has 4 nitrogen and oxygen atoms in total. The summed E-state index contributed by atoms with van der Waals surface area (Å²) in [4.78, 5) is 4.10. The number of hydrogen-bond donors (Lipinski definition) is 0. The number of fused-ring (bicyclic) bond motifs is 4. The molecule has 0 bridgehead atoms. The summed E-state index contributed by atoms with van der Waals surface area (Å²) in [5.74, 6) is 0. The van der Waals surface area contributed by atoms with Crippen molar-refractivity contribution < 1.29 is 0 Å². The van der Waals surface area contributed by atoms with Crippen molar-refractivity contribution in [2.24, 2.45) is 0 Å². The number of benzene rings is 6. The van der Waals surface area contributed by atoms with Crippen LogP contribution in [0.15, 0.2) is 121 Å². The molecule has 0 amide bonds. The molecule has 0 fully saturated rings. The van der Waals surface area contributed by atoms with Gasteiger partial charge in [0.1, 0.15) is 11.0 Å². The van der Waals surface area contributed by atoms with Crippen molar-refractivity contribution in [2.75, 3.05) is 4.90 Å².